The predicted octanol–water partition coefficient (Wildman–Crippen LogP) is 5.21. The van der Waals surface area contributed by atoms with Crippen molar-refractivity contribution in [2.45, 2.75) is 44.2 Å². The molecule has 21 heavy (non-hydrogen) atoms. The number of hydrogen-bond acceptors (Lipinski definition) is 2. The minimum Gasteiger partial charge on any atom is -0.375 e. The summed E-state index contributed by atoms with van der Waals surface area (Å²) in [6.07, 6.45) is 1.86. The van der Waals surface area contributed by atoms with Gasteiger partial charge in [0.05, 0.1) is 32.6 Å². The molecule has 0 bridgehead atoms. The van der Waals surface area contributed by atoms with Gasteiger partial charge >= 0.3 is 0 Å². The van der Waals surface area contributed by atoms with Crippen LogP contribution in [0.4, 0.5) is 0 Å². The van der Waals surface area contributed by atoms with E-state index in [0.717, 1.165) is 36.3 Å². The predicted molar refractivity (Wildman–Crippen MR) is 87.6 cm³/mol. The number of aromatic nitrogens is 2. The molecule has 2 aromatic rings. The molecule has 0 amide bonds. The van der Waals surface area contributed by atoms with Gasteiger partial charge in [0.2, 0.25) is 0 Å². The van der Waals surface area contributed by atoms with Crippen molar-refractivity contribution in [2.75, 3.05) is 6.61 Å². The van der Waals surface area contributed by atoms with E-state index < -0.39 is 0 Å². The lowest BCUT2D eigenvalue weighted by Gasteiger charge is -2.36. The molecule has 114 valence electrons. The summed E-state index contributed by atoms with van der Waals surface area (Å²) < 4.78 is 8.01. The summed E-state index contributed by atoms with van der Waals surface area (Å²) in [5.74, 6) is 1.22. The smallest absolute Gasteiger partial charge is 0.125 e. The van der Waals surface area contributed by atoms with Crippen LogP contribution in [0.2, 0.25) is 10.0 Å². The lowest BCUT2D eigenvalue weighted by Crippen LogP contribution is -2.35. The Hall–Kier alpha value is -0.480. The van der Waals surface area contributed by atoms with Crippen molar-refractivity contribution in [3.8, 4) is 0 Å². The Labute approximate surface area is 139 Å². The maximum Gasteiger partial charge on any atom is 0.125 e. The monoisotopic (exact) mass is 346 g/mol. The van der Waals surface area contributed by atoms with E-state index in [1.807, 2.05) is 6.07 Å². The first-order valence-corrected chi connectivity index (χ1v) is 8.26. The molecule has 0 radical (unpaired) electrons. The quantitative estimate of drug-likeness (QED) is 0.697. The Morgan fingerprint density at radius 1 is 1.33 bits per heavy atom. The third-order valence-electron chi connectivity index (χ3n) is 3.96. The molecule has 1 aliphatic rings. The molecule has 2 heterocycles. The highest BCUT2D eigenvalue weighted by Crippen LogP contribution is 2.37. The van der Waals surface area contributed by atoms with Crippen molar-refractivity contribution in [1.82, 2.24) is 9.55 Å². The molecule has 1 atom stereocenters. The zero-order valence-corrected chi connectivity index (χ0v) is 14.3. The second-order valence-electron chi connectivity index (χ2n) is 6.04. The van der Waals surface area contributed by atoms with Crippen LogP contribution in [-0.4, -0.2) is 21.8 Å². The van der Waals surface area contributed by atoms with E-state index in [4.69, 9.17) is 39.5 Å². The highest BCUT2D eigenvalue weighted by Gasteiger charge is 2.31. The van der Waals surface area contributed by atoms with Crippen molar-refractivity contribution in [1.29, 1.82) is 0 Å². The standard InChI is InChI=1S/C15H17Cl3N2O/c1-15(2)7-9(3-4-21-15)20-13-6-11(18)10(17)5-12(13)19-14(20)8-16/h5-6,9H,3-4,7-8H2,1-2H3. The minimum absolute atomic E-state index is 0.140. The molecule has 3 nitrogen and oxygen atoms in total. The molecule has 6 heteroatoms. The highest BCUT2D eigenvalue weighted by atomic mass is 35.5. The van der Waals surface area contributed by atoms with Crippen LogP contribution in [0.15, 0.2) is 12.1 Å². The molecule has 3 rings (SSSR count). The second-order valence-corrected chi connectivity index (χ2v) is 7.12. The van der Waals surface area contributed by atoms with Gasteiger partial charge in [0.25, 0.3) is 0 Å². The van der Waals surface area contributed by atoms with Gasteiger partial charge in [-0.05, 0) is 38.8 Å². The Balaban J connectivity index is 2.14. The minimum atomic E-state index is -0.140. The molecule has 0 saturated carbocycles. The largest absolute Gasteiger partial charge is 0.375 e. The number of benzene rings is 1. The summed E-state index contributed by atoms with van der Waals surface area (Å²) in [5.41, 5.74) is 1.69. The molecule has 0 N–H and O–H groups in total. The fourth-order valence-electron chi connectivity index (χ4n) is 3.06. The topological polar surface area (TPSA) is 27.1 Å². The second kappa shape index (κ2) is 5.62. The van der Waals surface area contributed by atoms with Crippen molar-refractivity contribution < 1.29 is 4.74 Å². The molecule has 0 spiro atoms. The van der Waals surface area contributed by atoms with Crippen LogP contribution in [0, 0.1) is 0 Å². The average molecular weight is 348 g/mol. The maximum absolute atomic E-state index is 6.18. The summed E-state index contributed by atoms with van der Waals surface area (Å²) in [7, 11) is 0. The van der Waals surface area contributed by atoms with Gasteiger partial charge in [-0.3, -0.25) is 0 Å². The number of alkyl halides is 1. The molecule has 1 aromatic heterocycles. The third-order valence-corrected chi connectivity index (χ3v) is 4.92. The van der Waals surface area contributed by atoms with Crippen LogP contribution >= 0.6 is 34.8 Å². The van der Waals surface area contributed by atoms with Crippen molar-refractivity contribution >= 4 is 45.8 Å². The fraction of sp³-hybridized carbons (Fsp3) is 0.533. The van der Waals surface area contributed by atoms with Crippen LogP contribution in [0.25, 0.3) is 11.0 Å². The molecule has 1 aromatic carbocycles. The van der Waals surface area contributed by atoms with E-state index in [1.54, 1.807) is 6.07 Å². The molecular weight excluding hydrogens is 331 g/mol. The summed E-state index contributed by atoms with van der Waals surface area (Å²) in [4.78, 5) is 4.60. The first-order chi connectivity index (χ1) is 9.91. The Morgan fingerprint density at radius 2 is 2.05 bits per heavy atom. The van der Waals surface area contributed by atoms with Gasteiger partial charge in [-0.2, -0.15) is 0 Å². The van der Waals surface area contributed by atoms with E-state index in [1.165, 1.54) is 0 Å². The first-order valence-electron chi connectivity index (χ1n) is 6.97. The molecule has 1 unspecified atom stereocenters. The summed E-state index contributed by atoms with van der Waals surface area (Å²) >= 11 is 18.4. The van der Waals surface area contributed by atoms with Gasteiger partial charge in [0.15, 0.2) is 0 Å². The maximum atomic E-state index is 6.18. The Morgan fingerprint density at radius 3 is 2.71 bits per heavy atom. The number of imidazole rings is 1. The number of hydrogen-bond donors (Lipinski definition) is 0. The van der Waals surface area contributed by atoms with Crippen molar-refractivity contribution in [2.24, 2.45) is 0 Å². The zero-order chi connectivity index (χ0) is 15.2. The van der Waals surface area contributed by atoms with E-state index in [0.29, 0.717) is 22.0 Å². The van der Waals surface area contributed by atoms with Crippen molar-refractivity contribution in [3.63, 3.8) is 0 Å². The van der Waals surface area contributed by atoms with Gasteiger partial charge in [0, 0.05) is 12.6 Å². The van der Waals surface area contributed by atoms with Gasteiger partial charge in [-0.25, -0.2) is 4.98 Å². The van der Waals surface area contributed by atoms with Gasteiger partial charge in [-0.15, -0.1) is 11.6 Å². The highest BCUT2D eigenvalue weighted by molar-refractivity contribution is 6.42. The lowest BCUT2D eigenvalue weighted by molar-refractivity contribution is -0.0687. The van der Waals surface area contributed by atoms with E-state index in [-0.39, 0.29) is 5.60 Å². The molecule has 1 aliphatic heterocycles. The summed E-state index contributed by atoms with van der Waals surface area (Å²) in [6, 6.07) is 3.99. The number of rotatable bonds is 2. The Bertz CT molecular complexity index is 681. The normalized spacial score (nSPS) is 21.9. The third kappa shape index (κ3) is 2.89. The number of fused-ring (bicyclic) bond motifs is 1. The SMILES string of the molecule is CC1(C)CC(n2c(CCl)nc3cc(Cl)c(Cl)cc32)CCO1. The number of nitrogens with zero attached hydrogens (tertiary/aromatic N) is 2. The average Bonchev–Trinajstić information content (AvgIpc) is 2.75. The van der Waals surface area contributed by atoms with Crippen molar-refractivity contribution in [3.05, 3.63) is 28.0 Å². The van der Waals surface area contributed by atoms with Gasteiger partial charge < -0.3 is 9.30 Å². The molecular formula is C15H17Cl3N2O. The van der Waals surface area contributed by atoms with Crippen LogP contribution < -0.4 is 0 Å². The van der Waals surface area contributed by atoms with E-state index in [2.05, 4.69) is 23.4 Å². The first kappa shape index (κ1) is 15.4. The fourth-order valence-corrected chi connectivity index (χ4v) is 3.57. The van der Waals surface area contributed by atoms with Crippen LogP contribution in [0.3, 0.4) is 0 Å². The number of halogens is 3. The molecule has 1 fully saturated rings. The van der Waals surface area contributed by atoms with Gasteiger partial charge in [0.1, 0.15) is 5.82 Å². The zero-order valence-electron chi connectivity index (χ0n) is 12.0. The van der Waals surface area contributed by atoms with Gasteiger partial charge in [-0.1, -0.05) is 23.2 Å². The lowest BCUT2D eigenvalue weighted by atomic mass is 9.93. The number of ether oxygens (including phenoxy) is 1. The van der Waals surface area contributed by atoms with E-state index in [9.17, 15) is 0 Å². The summed E-state index contributed by atoms with van der Waals surface area (Å²) in [6.45, 7) is 4.96. The molecule has 0 aliphatic carbocycles. The summed E-state index contributed by atoms with van der Waals surface area (Å²) in [5, 5.41) is 1.06. The van der Waals surface area contributed by atoms with Crippen LogP contribution in [0.5, 0.6) is 0 Å². The van der Waals surface area contributed by atoms with Crippen LogP contribution in [0.1, 0.15) is 38.6 Å². The van der Waals surface area contributed by atoms with Crippen LogP contribution in [-0.2, 0) is 10.6 Å². The van der Waals surface area contributed by atoms with E-state index >= 15 is 0 Å². The molecule has 1 saturated heterocycles. The Kier molecular flexibility index (Phi) is 4.12.